The number of fused-ring (bicyclic) bond motifs is 3. The fourth-order valence-corrected chi connectivity index (χ4v) is 4.78. The van der Waals surface area contributed by atoms with Crippen LogP contribution in [0.5, 0.6) is 0 Å². The first-order valence-electron chi connectivity index (χ1n) is 10.1. The number of aromatic amines is 1. The first kappa shape index (κ1) is 19.0. The third kappa shape index (κ3) is 3.82. The Balaban J connectivity index is 1.86. The molecule has 0 radical (unpaired) electrons. The molecule has 2 heterocycles. The van der Waals surface area contributed by atoms with Crippen LogP contribution in [0, 0.1) is 17.3 Å². The normalized spacial score (nSPS) is 19.0. The summed E-state index contributed by atoms with van der Waals surface area (Å²) >= 11 is 0. The van der Waals surface area contributed by atoms with Crippen molar-refractivity contribution in [3.05, 3.63) is 35.5 Å². The second-order valence-corrected chi connectivity index (χ2v) is 9.66. The fourth-order valence-electron chi connectivity index (χ4n) is 4.78. The lowest BCUT2D eigenvalue weighted by Crippen LogP contribution is -2.42. The van der Waals surface area contributed by atoms with Gasteiger partial charge in [0.25, 0.3) is 0 Å². The largest absolute Gasteiger partial charge is 0.356 e. The first-order valence-corrected chi connectivity index (χ1v) is 10.1. The number of hydrogen-bond donors (Lipinski definition) is 1. The fraction of sp³-hybridized carbons (Fsp3) is 0.609. The highest BCUT2D eigenvalue weighted by molar-refractivity contribution is 5.86. The molecule has 2 aromatic rings. The van der Waals surface area contributed by atoms with Crippen LogP contribution in [0.1, 0.15) is 71.7 Å². The zero-order chi connectivity index (χ0) is 19.1. The maximum atomic E-state index is 13.1. The molecular formula is C23H34N2O. The van der Waals surface area contributed by atoms with Gasteiger partial charge in [-0.2, -0.15) is 0 Å². The minimum absolute atomic E-state index is 0.153. The number of hydrogen-bond acceptors (Lipinski definition) is 1. The van der Waals surface area contributed by atoms with E-state index in [2.05, 4.69) is 75.7 Å². The van der Waals surface area contributed by atoms with E-state index in [0.717, 1.165) is 19.4 Å². The van der Waals surface area contributed by atoms with Gasteiger partial charge in [0.2, 0.25) is 5.91 Å². The lowest BCUT2D eigenvalue weighted by molar-refractivity contribution is -0.136. The Morgan fingerprint density at radius 3 is 2.58 bits per heavy atom. The zero-order valence-corrected chi connectivity index (χ0v) is 17.2. The molecule has 3 rings (SSSR count). The summed E-state index contributed by atoms with van der Waals surface area (Å²) < 4.78 is 0. The topological polar surface area (TPSA) is 36.1 Å². The SMILES string of the molecule is CC(CC(=O)N1CCc2c([nH]c3ccccc23)C1C(C)C)CC(C)(C)C. The number of benzene rings is 1. The summed E-state index contributed by atoms with van der Waals surface area (Å²) in [4.78, 5) is 18.9. The number of carbonyl (C=O) groups excluding carboxylic acids is 1. The number of carbonyl (C=O) groups is 1. The maximum Gasteiger partial charge on any atom is 0.223 e. The molecule has 26 heavy (non-hydrogen) atoms. The molecule has 0 saturated carbocycles. The first-order chi connectivity index (χ1) is 12.2. The lowest BCUT2D eigenvalue weighted by atomic mass is 9.83. The van der Waals surface area contributed by atoms with Gasteiger partial charge in [-0.05, 0) is 41.7 Å². The molecule has 0 saturated heterocycles. The van der Waals surface area contributed by atoms with Crippen molar-refractivity contribution in [3.8, 4) is 0 Å². The van der Waals surface area contributed by atoms with Gasteiger partial charge in [0, 0.05) is 29.6 Å². The molecule has 1 aliphatic heterocycles. The van der Waals surface area contributed by atoms with Crippen LogP contribution in [-0.4, -0.2) is 22.3 Å². The van der Waals surface area contributed by atoms with E-state index in [9.17, 15) is 4.79 Å². The number of para-hydroxylation sites is 1. The van der Waals surface area contributed by atoms with Crippen LogP contribution < -0.4 is 0 Å². The molecular weight excluding hydrogens is 320 g/mol. The molecule has 2 unspecified atom stereocenters. The molecule has 142 valence electrons. The molecule has 0 bridgehead atoms. The van der Waals surface area contributed by atoms with Crippen LogP contribution in [0.4, 0.5) is 0 Å². The number of nitrogens with zero attached hydrogens (tertiary/aromatic N) is 1. The predicted octanol–water partition coefficient (Wildman–Crippen LogP) is 5.71. The molecule has 3 heteroatoms. The van der Waals surface area contributed by atoms with Crippen LogP contribution in [0.2, 0.25) is 0 Å². The molecule has 2 atom stereocenters. The summed E-state index contributed by atoms with van der Waals surface area (Å²) in [5.74, 6) is 1.12. The van der Waals surface area contributed by atoms with Crippen molar-refractivity contribution >= 4 is 16.8 Å². The van der Waals surface area contributed by atoms with Gasteiger partial charge in [0.15, 0.2) is 0 Å². The van der Waals surface area contributed by atoms with Crippen LogP contribution >= 0.6 is 0 Å². The maximum absolute atomic E-state index is 13.1. The smallest absolute Gasteiger partial charge is 0.223 e. The molecule has 0 fully saturated rings. The molecule has 1 aliphatic rings. The highest BCUT2D eigenvalue weighted by atomic mass is 16.2. The summed E-state index contributed by atoms with van der Waals surface area (Å²) in [6.45, 7) is 14.3. The Kier molecular flexibility index (Phi) is 5.18. The molecule has 1 aromatic heterocycles. The van der Waals surface area contributed by atoms with Crippen LogP contribution in [0.25, 0.3) is 10.9 Å². The van der Waals surface area contributed by atoms with Crippen molar-refractivity contribution in [2.75, 3.05) is 6.54 Å². The Bertz CT molecular complexity index is 781. The van der Waals surface area contributed by atoms with Gasteiger partial charge in [0.05, 0.1) is 6.04 Å². The van der Waals surface area contributed by atoms with E-state index in [1.54, 1.807) is 0 Å². The summed E-state index contributed by atoms with van der Waals surface area (Å²) in [6.07, 6.45) is 2.68. The number of amides is 1. The van der Waals surface area contributed by atoms with Crippen molar-refractivity contribution in [3.63, 3.8) is 0 Å². The lowest BCUT2D eigenvalue weighted by Gasteiger charge is -2.39. The second-order valence-electron chi connectivity index (χ2n) is 9.66. The average Bonchev–Trinajstić information content (AvgIpc) is 2.90. The summed E-state index contributed by atoms with van der Waals surface area (Å²) in [5, 5.41) is 1.32. The van der Waals surface area contributed by atoms with E-state index in [0.29, 0.717) is 24.2 Å². The van der Waals surface area contributed by atoms with Gasteiger partial charge in [-0.25, -0.2) is 0 Å². The van der Waals surface area contributed by atoms with Crippen molar-refractivity contribution in [1.29, 1.82) is 0 Å². The summed E-state index contributed by atoms with van der Waals surface area (Å²) in [5.41, 5.74) is 4.12. The Morgan fingerprint density at radius 2 is 1.92 bits per heavy atom. The van der Waals surface area contributed by atoms with Crippen molar-refractivity contribution in [2.45, 2.75) is 66.8 Å². The van der Waals surface area contributed by atoms with E-state index in [1.165, 1.54) is 22.2 Å². The Hall–Kier alpha value is -1.77. The number of H-pyrrole nitrogens is 1. The van der Waals surface area contributed by atoms with E-state index in [-0.39, 0.29) is 11.5 Å². The molecule has 1 aromatic carbocycles. The molecule has 1 amide bonds. The molecule has 3 nitrogen and oxygen atoms in total. The van der Waals surface area contributed by atoms with Crippen LogP contribution in [-0.2, 0) is 11.2 Å². The van der Waals surface area contributed by atoms with Crippen LogP contribution in [0.15, 0.2) is 24.3 Å². The van der Waals surface area contributed by atoms with E-state index >= 15 is 0 Å². The summed E-state index contributed by atoms with van der Waals surface area (Å²) in [7, 11) is 0. The number of rotatable bonds is 4. The van der Waals surface area contributed by atoms with Gasteiger partial charge in [0.1, 0.15) is 0 Å². The van der Waals surface area contributed by atoms with Gasteiger partial charge in [-0.3, -0.25) is 4.79 Å². The minimum Gasteiger partial charge on any atom is -0.356 e. The highest BCUT2D eigenvalue weighted by Gasteiger charge is 2.35. The molecule has 0 aliphatic carbocycles. The van der Waals surface area contributed by atoms with E-state index in [1.807, 2.05) is 0 Å². The summed E-state index contributed by atoms with van der Waals surface area (Å²) in [6, 6.07) is 8.67. The standard InChI is InChI=1S/C23H34N2O/c1-15(2)22-21-18(17-9-7-8-10-19(17)24-21)11-12-25(22)20(26)13-16(3)14-23(4,5)6/h7-10,15-16,22,24H,11-14H2,1-6H3. The van der Waals surface area contributed by atoms with Gasteiger partial charge < -0.3 is 9.88 Å². The number of aromatic nitrogens is 1. The third-order valence-electron chi connectivity index (χ3n) is 5.52. The Morgan fingerprint density at radius 1 is 1.23 bits per heavy atom. The van der Waals surface area contributed by atoms with Crippen LogP contribution in [0.3, 0.4) is 0 Å². The van der Waals surface area contributed by atoms with E-state index < -0.39 is 0 Å². The van der Waals surface area contributed by atoms with Gasteiger partial charge in [-0.1, -0.05) is 59.7 Å². The predicted molar refractivity (Wildman–Crippen MR) is 109 cm³/mol. The van der Waals surface area contributed by atoms with Gasteiger partial charge in [-0.15, -0.1) is 0 Å². The second kappa shape index (κ2) is 7.09. The molecule has 1 N–H and O–H groups in total. The van der Waals surface area contributed by atoms with Crippen molar-refractivity contribution in [1.82, 2.24) is 9.88 Å². The molecule has 0 spiro atoms. The Labute approximate surface area is 158 Å². The van der Waals surface area contributed by atoms with E-state index in [4.69, 9.17) is 0 Å². The number of nitrogens with one attached hydrogen (secondary N) is 1. The quantitative estimate of drug-likeness (QED) is 0.750. The monoisotopic (exact) mass is 354 g/mol. The zero-order valence-electron chi connectivity index (χ0n) is 17.2. The third-order valence-corrected chi connectivity index (χ3v) is 5.52. The minimum atomic E-state index is 0.153. The highest BCUT2D eigenvalue weighted by Crippen LogP contribution is 2.39. The van der Waals surface area contributed by atoms with Crippen molar-refractivity contribution in [2.24, 2.45) is 17.3 Å². The van der Waals surface area contributed by atoms with Crippen molar-refractivity contribution < 1.29 is 4.79 Å². The average molecular weight is 355 g/mol. The van der Waals surface area contributed by atoms with Gasteiger partial charge >= 0.3 is 0 Å².